The Hall–Kier alpha value is -2.59. The van der Waals surface area contributed by atoms with Gasteiger partial charge in [-0.15, -0.1) is 10.2 Å². The molecule has 0 fully saturated rings. The number of hydrogen-bond acceptors (Lipinski definition) is 5. The predicted molar refractivity (Wildman–Crippen MR) is 44.8 cm³/mol. The van der Waals surface area contributed by atoms with E-state index in [9.17, 15) is 0 Å². The van der Waals surface area contributed by atoms with Crippen molar-refractivity contribution in [3.05, 3.63) is 0 Å². The fourth-order valence-electron chi connectivity index (χ4n) is 0. The van der Waals surface area contributed by atoms with Crippen LogP contribution in [0.15, 0.2) is 10.2 Å². The molecule has 0 heterocycles. The molecule has 0 rings (SSSR count). The van der Waals surface area contributed by atoms with Crippen molar-refractivity contribution in [3.8, 4) is 0 Å². The van der Waals surface area contributed by atoms with Gasteiger partial charge in [0.05, 0.1) is 0 Å². The zero-order valence-electron chi connectivity index (χ0n) is 6.85. The van der Waals surface area contributed by atoms with E-state index in [-0.39, 0.29) is 0 Å². The first-order valence-electron chi connectivity index (χ1n) is 2.62. The molecule has 14 heavy (non-hydrogen) atoms. The van der Waals surface area contributed by atoms with Crippen molar-refractivity contribution in [2.24, 2.45) is 21.7 Å². The molecule has 0 saturated carbocycles. The summed E-state index contributed by atoms with van der Waals surface area (Å²) in [6, 6.07) is 0. The van der Waals surface area contributed by atoms with Crippen LogP contribution in [0.5, 0.6) is 0 Å². The molecule has 0 unspecified atom stereocenters. The van der Waals surface area contributed by atoms with Gasteiger partial charge < -0.3 is 21.7 Å². The molecular weight excluding hydrogens is 196 g/mol. The molecule has 0 aromatic rings. The Kier molecular flexibility index (Phi) is 16.3. The van der Waals surface area contributed by atoms with E-state index in [1.807, 2.05) is 0 Å². The fourth-order valence-corrected chi connectivity index (χ4v) is 0. The summed E-state index contributed by atoms with van der Waals surface area (Å²) in [5.74, 6) is -0.907. The molecule has 0 radical (unpaired) electrons. The molecule has 80 valence electrons. The third-order valence-corrected chi connectivity index (χ3v) is 0.241. The van der Waals surface area contributed by atoms with E-state index in [1.165, 1.54) is 0 Å². The monoisotopic (exact) mass is 206 g/mol. The van der Waals surface area contributed by atoms with Gasteiger partial charge >= 0.3 is 6.16 Å². The summed E-state index contributed by atoms with van der Waals surface area (Å²) in [6.45, 7) is 0. The van der Waals surface area contributed by atoms with E-state index >= 15 is 0 Å². The van der Waals surface area contributed by atoms with Gasteiger partial charge in [0.25, 0.3) is 0 Å². The fraction of sp³-hybridized carbons (Fsp3) is 0. The van der Waals surface area contributed by atoms with Gasteiger partial charge in [-0.05, 0) is 0 Å². The van der Waals surface area contributed by atoms with Gasteiger partial charge in [0, 0.05) is 0 Å². The van der Waals surface area contributed by atoms with Crippen LogP contribution < -0.4 is 11.5 Å². The van der Waals surface area contributed by atoms with E-state index in [1.54, 1.807) is 0 Å². The Morgan fingerprint density at radius 3 is 1.07 bits per heavy atom. The zero-order valence-corrected chi connectivity index (χ0v) is 6.85. The zero-order chi connectivity index (χ0) is 12.1. The Morgan fingerprint density at radius 1 is 1.00 bits per heavy atom. The topological polar surface area (TPSA) is 230 Å². The molecule has 0 spiro atoms. The molecule has 0 aliphatic carbocycles. The highest BCUT2D eigenvalue weighted by atomic mass is 16.6. The average molecular weight is 206 g/mol. The van der Waals surface area contributed by atoms with Crippen molar-refractivity contribution in [1.82, 2.24) is 0 Å². The molecule has 10 N–H and O–H groups in total. The van der Waals surface area contributed by atoms with E-state index in [2.05, 4.69) is 21.7 Å². The second kappa shape index (κ2) is 13.0. The van der Waals surface area contributed by atoms with Crippen LogP contribution in [0.3, 0.4) is 0 Å². The Balaban J connectivity index is -0.000000131. The lowest BCUT2D eigenvalue weighted by Gasteiger charge is -1.69. The highest BCUT2D eigenvalue weighted by Crippen LogP contribution is 1.51. The van der Waals surface area contributed by atoms with Crippen molar-refractivity contribution in [3.63, 3.8) is 0 Å². The maximum atomic E-state index is 8.56. The first kappa shape index (κ1) is 17.5. The molecule has 0 aliphatic rings. The van der Waals surface area contributed by atoms with Crippen LogP contribution in [0.4, 0.5) is 4.79 Å². The molecule has 0 aromatic carbocycles. The van der Waals surface area contributed by atoms with E-state index < -0.39 is 18.1 Å². The molecule has 0 bridgehead atoms. The van der Waals surface area contributed by atoms with Gasteiger partial charge in [0.2, 0.25) is 11.9 Å². The first-order valence-corrected chi connectivity index (χ1v) is 2.62. The van der Waals surface area contributed by atoms with Crippen LogP contribution in [-0.2, 0) is 0 Å². The molecule has 11 nitrogen and oxygen atoms in total. The van der Waals surface area contributed by atoms with E-state index in [0.717, 1.165) is 0 Å². The Labute approximate surface area is 77.8 Å². The van der Waals surface area contributed by atoms with Crippen LogP contribution in [0, 0.1) is 21.9 Å². The maximum absolute atomic E-state index is 8.56. The summed E-state index contributed by atoms with van der Waals surface area (Å²) < 4.78 is 0. The van der Waals surface area contributed by atoms with Crippen molar-refractivity contribution in [1.29, 1.82) is 21.9 Å². The summed E-state index contributed by atoms with van der Waals surface area (Å²) in [6.07, 6.45) is -1.83. The Bertz CT molecular complexity index is 202. The van der Waals surface area contributed by atoms with Gasteiger partial charge in [0.1, 0.15) is 0 Å². The van der Waals surface area contributed by atoms with Crippen molar-refractivity contribution >= 4 is 18.1 Å². The van der Waals surface area contributed by atoms with Gasteiger partial charge in [0.15, 0.2) is 0 Å². The van der Waals surface area contributed by atoms with Crippen LogP contribution in [-0.4, -0.2) is 28.3 Å². The number of carboxylic acid groups (broad SMARTS) is 2. The predicted octanol–water partition coefficient (Wildman–Crippen LogP) is 0.0441. The van der Waals surface area contributed by atoms with Gasteiger partial charge in [-0.3, -0.25) is 10.8 Å². The first-order chi connectivity index (χ1) is 6.27. The van der Waals surface area contributed by atoms with Crippen molar-refractivity contribution in [2.75, 3.05) is 0 Å². The largest absolute Gasteiger partial charge is 0.503 e. The van der Waals surface area contributed by atoms with Crippen LogP contribution in [0.1, 0.15) is 0 Å². The standard InChI is InChI=1S/2CH4N4.CH2O3/c2*2-1(3)5-4;2-1(3)4/h2*4H,(H3,2,3);(H2,2,3,4). The summed E-state index contributed by atoms with van der Waals surface area (Å²) in [4.78, 5) is 8.56. The summed E-state index contributed by atoms with van der Waals surface area (Å²) in [5, 5.41) is 31.3. The maximum Gasteiger partial charge on any atom is 0.503 e. The summed E-state index contributed by atoms with van der Waals surface area (Å²) >= 11 is 0. The third-order valence-electron chi connectivity index (χ3n) is 0.241. The molecule has 0 amide bonds. The highest BCUT2D eigenvalue weighted by molar-refractivity contribution is 5.74. The third kappa shape index (κ3) is 335. The summed E-state index contributed by atoms with van der Waals surface area (Å²) in [5.41, 5.74) is 20.9. The van der Waals surface area contributed by atoms with Gasteiger partial charge in [-0.2, -0.15) is 0 Å². The number of nitrogens with two attached hydrogens (primary N) is 2. The lowest BCUT2D eigenvalue weighted by Crippen LogP contribution is -2.02. The Morgan fingerprint density at radius 2 is 1.07 bits per heavy atom. The minimum absolute atomic E-state index is 0.454. The normalized spacial score (nSPS) is 6.29. The lowest BCUT2D eigenvalue weighted by atomic mass is 11.1. The number of nitrogens with one attached hydrogen (secondary N) is 4. The molecule has 0 atom stereocenters. The van der Waals surface area contributed by atoms with Crippen LogP contribution in [0.2, 0.25) is 0 Å². The second-order valence-corrected chi connectivity index (χ2v) is 1.28. The molecule has 11 heteroatoms. The van der Waals surface area contributed by atoms with Crippen LogP contribution >= 0.6 is 0 Å². The van der Waals surface area contributed by atoms with E-state index in [4.69, 9.17) is 36.9 Å². The van der Waals surface area contributed by atoms with Gasteiger partial charge in [-0.1, -0.05) is 0 Å². The summed E-state index contributed by atoms with van der Waals surface area (Å²) in [7, 11) is 0. The quantitative estimate of drug-likeness (QED) is 0.155. The highest BCUT2D eigenvalue weighted by Gasteiger charge is 1.70. The van der Waals surface area contributed by atoms with Gasteiger partial charge in [-0.25, -0.2) is 15.9 Å². The molecule has 0 aliphatic heterocycles. The van der Waals surface area contributed by atoms with Crippen LogP contribution in [0.25, 0.3) is 0 Å². The number of hydrogen-bond donors (Lipinski definition) is 8. The SMILES string of the molecule is N=NC(=N)N.N=NC(=N)N.O=C(O)O. The average Bonchev–Trinajstić information content (AvgIpc) is 2.04. The smallest absolute Gasteiger partial charge is 0.450 e. The van der Waals surface area contributed by atoms with E-state index in [0.29, 0.717) is 0 Å². The number of carbonyl (C=O) groups is 1. The number of guanidine groups is 2. The number of nitrogens with zero attached hydrogens (tertiary/aromatic N) is 2. The van der Waals surface area contributed by atoms with Crippen molar-refractivity contribution in [2.45, 2.75) is 0 Å². The van der Waals surface area contributed by atoms with Crippen molar-refractivity contribution < 1.29 is 15.0 Å². The lowest BCUT2D eigenvalue weighted by molar-refractivity contribution is 0.137. The molecule has 0 aromatic heterocycles. The second-order valence-electron chi connectivity index (χ2n) is 1.28. The molecular formula is C3H10N8O3. The minimum atomic E-state index is -1.83. The number of rotatable bonds is 0. The minimum Gasteiger partial charge on any atom is -0.450 e. The molecule has 0 saturated heterocycles.